The van der Waals surface area contributed by atoms with Gasteiger partial charge in [-0.15, -0.1) is 0 Å². The molecule has 4 rings (SSSR count). The minimum atomic E-state index is -0.821. The molecule has 1 saturated heterocycles. The lowest BCUT2D eigenvalue weighted by Gasteiger charge is -2.26. The van der Waals surface area contributed by atoms with E-state index in [9.17, 15) is 14.4 Å². The Kier molecular flexibility index (Phi) is 8.07. The minimum Gasteiger partial charge on any atom is -0.494 e. The lowest BCUT2D eigenvalue weighted by Crippen LogP contribution is -2.54. The van der Waals surface area contributed by atoms with Gasteiger partial charge in [0.15, 0.2) is 0 Å². The summed E-state index contributed by atoms with van der Waals surface area (Å²) in [6.45, 7) is 2.81. The Labute approximate surface area is 221 Å². The van der Waals surface area contributed by atoms with Crippen molar-refractivity contribution in [3.8, 4) is 11.5 Å². The number of halogens is 2. The molecule has 0 radical (unpaired) electrons. The number of anilines is 1. The van der Waals surface area contributed by atoms with Crippen molar-refractivity contribution in [2.24, 2.45) is 0 Å². The van der Waals surface area contributed by atoms with E-state index in [0.717, 1.165) is 21.4 Å². The van der Waals surface area contributed by atoms with Gasteiger partial charge in [0, 0.05) is 15.1 Å². The topological polar surface area (TPSA) is 84.9 Å². The third-order valence-corrected chi connectivity index (χ3v) is 5.99. The van der Waals surface area contributed by atoms with Crippen molar-refractivity contribution in [3.63, 3.8) is 0 Å². The van der Waals surface area contributed by atoms with Crippen molar-refractivity contribution in [3.05, 3.63) is 92.9 Å². The molecule has 7 nitrogen and oxygen atoms in total. The molecule has 0 saturated carbocycles. The van der Waals surface area contributed by atoms with Crippen LogP contribution in [0.5, 0.6) is 11.5 Å². The third kappa shape index (κ3) is 5.95. The van der Waals surface area contributed by atoms with E-state index in [-0.39, 0.29) is 12.2 Å². The van der Waals surface area contributed by atoms with E-state index in [1.165, 1.54) is 6.08 Å². The van der Waals surface area contributed by atoms with Crippen LogP contribution in [0.3, 0.4) is 0 Å². The van der Waals surface area contributed by atoms with E-state index in [1.54, 1.807) is 54.6 Å². The molecule has 184 valence electrons. The highest BCUT2D eigenvalue weighted by molar-refractivity contribution is 9.10. The average Bonchev–Trinajstić information content (AvgIpc) is 2.86. The maximum Gasteiger partial charge on any atom is 0.335 e. The standard InChI is InChI=1S/C27H22BrClN2O5/c1-2-13-35-22-10-8-21(9-11-22)31-26(33)23(25(32)30-27(31)34)15-18-14-19(28)5-12-24(18)36-16-17-3-6-20(29)7-4-17/h3-12,14-15H,2,13,16H2,1H3,(H,30,32,34)/b23-15-. The van der Waals surface area contributed by atoms with Crippen molar-refractivity contribution < 1.29 is 23.9 Å². The molecule has 0 aliphatic carbocycles. The number of carbonyl (C=O) groups is 3. The molecule has 0 spiro atoms. The molecule has 36 heavy (non-hydrogen) atoms. The van der Waals surface area contributed by atoms with Gasteiger partial charge in [0.2, 0.25) is 0 Å². The Morgan fingerprint density at radius 2 is 1.69 bits per heavy atom. The Morgan fingerprint density at radius 1 is 0.972 bits per heavy atom. The van der Waals surface area contributed by atoms with Gasteiger partial charge in [-0.1, -0.05) is 46.6 Å². The number of barbiturate groups is 1. The van der Waals surface area contributed by atoms with Crippen LogP contribution >= 0.6 is 27.5 Å². The summed E-state index contributed by atoms with van der Waals surface area (Å²) in [5.41, 5.74) is 1.51. The highest BCUT2D eigenvalue weighted by Crippen LogP contribution is 2.29. The van der Waals surface area contributed by atoms with Crippen LogP contribution in [0.1, 0.15) is 24.5 Å². The molecule has 9 heteroatoms. The maximum atomic E-state index is 13.3. The van der Waals surface area contributed by atoms with Crippen LogP contribution in [0, 0.1) is 0 Å². The molecule has 1 aliphatic heterocycles. The molecule has 1 N–H and O–H groups in total. The summed E-state index contributed by atoms with van der Waals surface area (Å²) >= 11 is 9.36. The largest absolute Gasteiger partial charge is 0.494 e. The average molecular weight is 570 g/mol. The molecule has 1 heterocycles. The SMILES string of the molecule is CCCOc1ccc(N2C(=O)NC(=O)/C(=C/c3cc(Br)ccc3OCc3ccc(Cl)cc3)C2=O)cc1. The number of hydrogen-bond acceptors (Lipinski definition) is 5. The summed E-state index contributed by atoms with van der Waals surface area (Å²) < 4.78 is 12.3. The van der Waals surface area contributed by atoms with Gasteiger partial charge in [0.1, 0.15) is 23.7 Å². The number of amides is 4. The zero-order valence-electron chi connectivity index (χ0n) is 19.3. The number of imide groups is 2. The summed E-state index contributed by atoms with van der Waals surface area (Å²) in [5.74, 6) is -0.446. The van der Waals surface area contributed by atoms with Crippen LogP contribution in [0.15, 0.2) is 76.8 Å². The highest BCUT2D eigenvalue weighted by Gasteiger charge is 2.37. The van der Waals surface area contributed by atoms with Crippen LogP contribution in [0.4, 0.5) is 10.5 Å². The Balaban J connectivity index is 1.61. The number of hydrogen-bond donors (Lipinski definition) is 1. The van der Waals surface area contributed by atoms with Crippen molar-refractivity contribution in [1.29, 1.82) is 0 Å². The quantitative estimate of drug-likeness (QED) is 0.260. The van der Waals surface area contributed by atoms with Gasteiger partial charge in [-0.25, -0.2) is 9.69 Å². The fourth-order valence-corrected chi connectivity index (χ4v) is 3.97. The summed E-state index contributed by atoms with van der Waals surface area (Å²) in [4.78, 5) is 39.4. The Bertz CT molecular complexity index is 1320. The van der Waals surface area contributed by atoms with Crippen LogP contribution in [0.2, 0.25) is 5.02 Å². The first-order valence-corrected chi connectivity index (χ1v) is 12.3. The van der Waals surface area contributed by atoms with E-state index in [1.807, 2.05) is 19.1 Å². The van der Waals surface area contributed by atoms with Crippen molar-refractivity contribution in [2.45, 2.75) is 20.0 Å². The molecule has 0 unspecified atom stereocenters. The number of carbonyl (C=O) groups excluding carboxylic acids is 3. The third-order valence-electron chi connectivity index (χ3n) is 5.25. The predicted molar refractivity (Wildman–Crippen MR) is 141 cm³/mol. The first-order valence-electron chi connectivity index (χ1n) is 11.2. The molecule has 0 aromatic heterocycles. The fraction of sp³-hybridized carbons (Fsp3) is 0.148. The van der Waals surface area contributed by atoms with Crippen LogP contribution in [-0.2, 0) is 16.2 Å². The van der Waals surface area contributed by atoms with E-state index in [0.29, 0.717) is 34.4 Å². The molecule has 3 aromatic rings. The number of ether oxygens (including phenoxy) is 2. The summed E-state index contributed by atoms with van der Waals surface area (Å²) in [6.07, 6.45) is 2.27. The van der Waals surface area contributed by atoms with Crippen LogP contribution in [0.25, 0.3) is 6.08 Å². The molecular formula is C27H22BrClN2O5. The monoisotopic (exact) mass is 568 g/mol. The van der Waals surface area contributed by atoms with Gasteiger partial charge in [-0.05, 0) is 72.7 Å². The van der Waals surface area contributed by atoms with Crippen molar-refractivity contribution in [1.82, 2.24) is 5.32 Å². The van der Waals surface area contributed by atoms with Gasteiger partial charge in [0.25, 0.3) is 11.8 Å². The maximum absolute atomic E-state index is 13.3. The number of nitrogens with zero attached hydrogens (tertiary/aromatic N) is 1. The van der Waals surface area contributed by atoms with Crippen LogP contribution < -0.4 is 19.7 Å². The lowest BCUT2D eigenvalue weighted by molar-refractivity contribution is -0.122. The molecule has 1 aliphatic rings. The fourth-order valence-electron chi connectivity index (χ4n) is 3.46. The number of rotatable bonds is 8. The van der Waals surface area contributed by atoms with Crippen molar-refractivity contribution >= 4 is 57.1 Å². The lowest BCUT2D eigenvalue weighted by atomic mass is 10.1. The van der Waals surface area contributed by atoms with Gasteiger partial charge in [-0.2, -0.15) is 0 Å². The first-order chi connectivity index (χ1) is 17.4. The first kappa shape index (κ1) is 25.5. The van der Waals surface area contributed by atoms with Crippen LogP contribution in [-0.4, -0.2) is 24.5 Å². The second kappa shape index (κ2) is 11.4. The van der Waals surface area contributed by atoms with E-state index in [4.69, 9.17) is 21.1 Å². The molecular weight excluding hydrogens is 548 g/mol. The van der Waals surface area contributed by atoms with Gasteiger partial charge < -0.3 is 9.47 Å². The smallest absolute Gasteiger partial charge is 0.335 e. The number of urea groups is 1. The van der Waals surface area contributed by atoms with E-state index in [2.05, 4.69) is 21.2 Å². The van der Waals surface area contributed by atoms with Gasteiger partial charge >= 0.3 is 6.03 Å². The van der Waals surface area contributed by atoms with E-state index < -0.39 is 17.8 Å². The molecule has 0 atom stereocenters. The molecule has 1 fully saturated rings. The second-order valence-electron chi connectivity index (χ2n) is 7.90. The van der Waals surface area contributed by atoms with Gasteiger partial charge in [-0.3, -0.25) is 14.9 Å². The number of benzene rings is 3. The van der Waals surface area contributed by atoms with Crippen molar-refractivity contribution in [2.75, 3.05) is 11.5 Å². The summed E-state index contributed by atoms with van der Waals surface area (Å²) in [7, 11) is 0. The normalized spacial score (nSPS) is 14.7. The highest BCUT2D eigenvalue weighted by atomic mass is 79.9. The number of nitrogens with one attached hydrogen (secondary N) is 1. The molecule has 4 amide bonds. The zero-order valence-corrected chi connectivity index (χ0v) is 21.6. The second-order valence-corrected chi connectivity index (χ2v) is 9.25. The molecule has 3 aromatic carbocycles. The Hall–Kier alpha value is -3.62. The summed E-state index contributed by atoms with van der Waals surface area (Å²) in [6, 6.07) is 18.2. The minimum absolute atomic E-state index is 0.199. The zero-order chi connectivity index (χ0) is 25.7. The Morgan fingerprint density at radius 3 is 2.39 bits per heavy atom. The molecule has 0 bridgehead atoms. The predicted octanol–water partition coefficient (Wildman–Crippen LogP) is 6.14. The van der Waals surface area contributed by atoms with E-state index >= 15 is 0 Å². The summed E-state index contributed by atoms with van der Waals surface area (Å²) in [5, 5.41) is 2.86. The van der Waals surface area contributed by atoms with Gasteiger partial charge in [0.05, 0.1) is 12.3 Å².